The van der Waals surface area contributed by atoms with Crippen LogP contribution < -0.4 is 10.1 Å². The maximum atomic E-state index is 5.92. The Morgan fingerprint density at radius 3 is 3.15 bits per heavy atom. The molecular formula is C16H21N3O. The molecule has 3 rings (SSSR count). The van der Waals surface area contributed by atoms with E-state index in [-0.39, 0.29) is 6.04 Å². The summed E-state index contributed by atoms with van der Waals surface area (Å²) in [6.45, 7) is 5.04. The summed E-state index contributed by atoms with van der Waals surface area (Å²) in [6, 6.07) is 6.89. The van der Waals surface area contributed by atoms with Crippen molar-refractivity contribution < 1.29 is 4.74 Å². The lowest BCUT2D eigenvalue weighted by Gasteiger charge is -2.22. The van der Waals surface area contributed by atoms with Gasteiger partial charge in [-0.1, -0.05) is 18.2 Å². The van der Waals surface area contributed by atoms with E-state index in [1.807, 2.05) is 6.20 Å². The van der Waals surface area contributed by atoms with E-state index in [4.69, 9.17) is 4.74 Å². The van der Waals surface area contributed by atoms with E-state index in [2.05, 4.69) is 47.3 Å². The lowest BCUT2D eigenvalue weighted by atomic mass is 9.99. The summed E-state index contributed by atoms with van der Waals surface area (Å²) >= 11 is 0. The van der Waals surface area contributed by atoms with Gasteiger partial charge >= 0.3 is 0 Å². The van der Waals surface area contributed by atoms with Gasteiger partial charge in [-0.3, -0.25) is 0 Å². The molecule has 0 radical (unpaired) electrons. The van der Waals surface area contributed by atoms with Crippen LogP contribution >= 0.6 is 0 Å². The zero-order valence-electron chi connectivity index (χ0n) is 12.0. The fourth-order valence-corrected chi connectivity index (χ4v) is 2.83. The SMILES string of the molecule is Cc1cccc2c1OCCCC2NC(C)c1ncc[nH]1. The van der Waals surface area contributed by atoms with Crippen LogP contribution in [0, 0.1) is 6.92 Å². The summed E-state index contributed by atoms with van der Waals surface area (Å²) in [7, 11) is 0. The number of hydrogen-bond donors (Lipinski definition) is 2. The Morgan fingerprint density at radius 1 is 1.45 bits per heavy atom. The molecule has 0 spiro atoms. The molecule has 20 heavy (non-hydrogen) atoms. The molecule has 0 bridgehead atoms. The Bertz CT molecular complexity index is 565. The lowest BCUT2D eigenvalue weighted by Crippen LogP contribution is -2.25. The zero-order chi connectivity index (χ0) is 13.9. The van der Waals surface area contributed by atoms with Crippen molar-refractivity contribution >= 4 is 0 Å². The van der Waals surface area contributed by atoms with E-state index in [9.17, 15) is 0 Å². The molecule has 0 amide bonds. The first-order chi connectivity index (χ1) is 9.75. The fourth-order valence-electron chi connectivity index (χ4n) is 2.83. The quantitative estimate of drug-likeness (QED) is 0.900. The number of nitrogens with one attached hydrogen (secondary N) is 2. The van der Waals surface area contributed by atoms with E-state index in [1.165, 1.54) is 11.1 Å². The van der Waals surface area contributed by atoms with Crippen LogP contribution in [0.3, 0.4) is 0 Å². The standard InChI is InChI=1S/C16H21N3O/c1-11-5-3-6-13-14(7-4-10-20-15(11)13)19-12(2)16-17-8-9-18-16/h3,5-6,8-9,12,14,19H,4,7,10H2,1-2H3,(H,17,18). The summed E-state index contributed by atoms with van der Waals surface area (Å²) in [6.07, 6.45) is 5.81. The predicted molar refractivity (Wildman–Crippen MR) is 78.8 cm³/mol. The van der Waals surface area contributed by atoms with E-state index in [0.29, 0.717) is 6.04 Å². The van der Waals surface area contributed by atoms with Gasteiger partial charge in [-0.15, -0.1) is 0 Å². The van der Waals surface area contributed by atoms with Gasteiger partial charge in [0, 0.05) is 24.0 Å². The number of aryl methyl sites for hydroxylation is 1. The number of aromatic amines is 1. The summed E-state index contributed by atoms with van der Waals surface area (Å²) in [4.78, 5) is 7.50. The third-order valence-electron chi connectivity index (χ3n) is 3.88. The number of nitrogens with zero attached hydrogens (tertiary/aromatic N) is 1. The smallest absolute Gasteiger partial charge is 0.126 e. The number of ether oxygens (including phenoxy) is 1. The van der Waals surface area contributed by atoms with Gasteiger partial charge in [0.05, 0.1) is 12.6 Å². The van der Waals surface area contributed by atoms with E-state index in [0.717, 1.165) is 31.0 Å². The Labute approximate surface area is 119 Å². The molecule has 2 atom stereocenters. The van der Waals surface area contributed by atoms with Crippen molar-refractivity contribution in [1.82, 2.24) is 15.3 Å². The molecule has 2 N–H and O–H groups in total. The molecular weight excluding hydrogens is 250 g/mol. The number of hydrogen-bond acceptors (Lipinski definition) is 3. The maximum absolute atomic E-state index is 5.92. The molecule has 0 aliphatic carbocycles. The predicted octanol–water partition coefficient (Wildman–Crippen LogP) is 3.28. The number of aromatic nitrogens is 2. The second kappa shape index (κ2) is 5.67. The summed E-state index contributed by atoms with van der Waals surface area (Å²) in [5.74, 6) is 2.03. The number of para-hydroxylation sites is 1. The third kappa shape index (κ3) is 2.56. The summed E-state index contributed by atoms with van der Waals surface area (Å²) < 4.78 is 5.92. The van der Waals surface area contributed by atoms with Crippen LogP contribution in [0.2, 0.25) is 0 Å². The molecule has 2 heterocycles. The minimum absolute atomic E-state index is 0.196. The molecule has 4 heteroatoms. The van der Waals surface area contributed by atoms with Gasteiger partial charge in [0.25, 0.3) is 0 Å². The van der Waals surface area contributed by atoms with Gasteiger partial charge in [-0.25, -0.2) is 4.98 Å². The summed E-state index contributed by atoms with van der Waals surface area (Å²) in [5.41, 5.74) is 2.47. The number of rotatable bonds is 3. The minimum atomic E-state index is 0.196. The number of fused-ring (bicyclic) bond motifs is 1. The van der Waals surface area contributed by atoms with E-state index < -0.39 is 0 Å². The molecule has 1 aliphatic rings. The number of H-pyrrole nitrogens is 1. The molecule has 106 valence electrons. The first-order valence-electron chi connectivity index (χ1n) is 7.23. The molecule has 1 aromatic heterocycles. The molecule has 0 saturated heterocycles. The number of imidazole rings is 1. The summed E-state index contributed by atoms with van der Waals surface area (Å²) in [5, 5.41) is 3.67. The van der Waals surface area contributed by atoms with Crippen LogP contribution in [-0.4, -0.2) is 16.6 Å². The molecule has 4 nitrogen and oxygen atoms in total. The first-order valence-corrected chi connectivity index (χ1v) is 7.23. The minimum Gasteiger partial charge on any atom is -0.493 e. The highest BCUT2D eigenvalue weighted by atomic mass is 16.5. The van der Waals surface area contributed by atoms with Crippen molar-refractivity contribution in [1.29, 1.82) is 0 Å². The molecule has 2 unspecified atom stereocenters. The average molecular weight is 271 g/mol. The molecule has 0 fully saturated rings. The Balaban J connectivity index is 1.85. The van der Waals surface area contributed by atoms with Gasteiger partial charge in [-0.2, -0.15) is 0 Å². The molecule has 1 aliphatic heterocycles. The highest BCUT2D eigenvalue weighted by Gasteiger charge is 2.23. The van der Waals surface area contributed by atoms with Crippen molar-refractivity contribution in [3.8, 4) is 5.75 Å². The third-order valence-corrected chi connectivity index (χ3v) is 3.88. The van der Waals surface area contributed by atoms with Crippen LogP contribution in [0.5, 0.6) is 5.75 Å². The lowest BCUT2D eigenvalue weighted by molar-refractivity contribution is 0.312. The topological polar surface area (TPSA) is 49.9 Å². The monoisotopic (exact) mass is 271 g/mol. The highest BCUT2D eigenvalue weighted by Crippen LogP contribution is 2.35. The molecule has 2 aromatic rings. The van der Waals surface area contributed by atoms with E-state index >= 15 is 0 Å². The Hall–Kier alpha value is -1.81. The zero-order valence-corrected chi connectivity index (χ0v) is 12.0. The Morgan fingerprint density at radius 2 is 2.35 bits per heavy atom. The van der Waals surface area contributed by atoms with Crippen LogP contribution in [0.1, 0.15) is 48.8 Å². The average Bonchev–Trinajstić information content (AvgIpc) is 2.90. The van der Waals surface area contributed by atoms with Crippen LogP contribution in [0.15, 0.2) is 30.6 Å². The second-order valence-corrected chi connectivity index (χ2v) is 5.40. The first kappa shape index (κ1) is 13.2. The molecule has 1 aromatic carbocycles. The van der Waals surface area contributed by atoms with Gasteiger partial charge in [-0.05, 0) is 32.3 Å². The fraction of sp³-hybridized carbons (Fsp3) is 0.438. The highest BCUT2D eigenvalue weighted by molar-refractivity contribution is 5.43. The van der Waals surface area contributed by atoms with Gasteiger partial charge in [0.15, 0.2) is 0 Å². The van der Waals surface area contributed by atoms with E-state index in [1.54, 1.807) is 6.20 Å². The van der Waals surface area contributed by atoms with Gasteiger partial charge < -0.3 is 15.0 Å². The number of benzene rings is 1. The van der Waals surface area contributed by atoms with Gasteiger partial charge in [0.2, 0.25) is 0 Å². The largest absolute Gasteiger partial charge is 0.493 e. The van der Waals surface area contributed by atoms with Gasteiger partial charge in [0.1, 0.15) is 11.6 Å². The maximum Gasteiger partial charge on any atom is 0.126 e. The Kier molecular flexibility index (Phi) is 3.74. The normalized spacial score (nSPS) is 19.8. The van der Waals surface area contributed by atoms with Crippen molar-refractivity contribution in [2.75, 3.05) is 6.61 Å². The van der Waals surface area contributed by atoms with Crippen molar-refractivity contribution in [2.24, 2.45) is 0 Å². The van der Waals surface area contributed by atoms with Crippen molar-refractivity contribution in [3.05, 3.63) is 47.5 Å². The van der Waals surface area contributed by atoms with Crippen molar-refractivity contribution in [2.45, 2.75) is 38.8 Å². The molecule has 0 saturated carbocycles. The van der Waals surface area contributed by atoms with Crippen LogP contribution in [0.25, 0.3) is 0 Å². The van der Waals surface area contributed by atoms with Crippen molar-refractivity contribution in [3.63, 3.8) is 0 Å². The second-order valence-electron chi connectivity index (χ2n) is 5.40. The van der Waals surface area contributed by atoms with Crippen LogP contribution in [-0.2, 0) is 0 Å². The van der Waals surface area contributed by atoms with Crippen LogP contribution in [0.4, 0.5) is 0 Å².